The van der Waals surface area contributed by atoms with Crippen LogP contribution in [-0.4, -0.2) is 63.8 Å². The number of hydrogen-bond acceptors (Lipinski definition) is 7. The van der Waals surface area contributed by atoms with Crippen LogP contribution in [0.2, 0.25) is 0 Å². The topological polar surface area (TPSA) is 121 Å². The molecule has 1 aromatic carbocycles. The van der Waals surface area contributed by atoms with Crippen molar-refractivity contribution in [3.8, 4) is 17.0 Å². The smallest absolute Gasteiger partial charge is 0.421 e. The van der Waals surface area contributed by atoms with Gasteiger partial charge in [0.15, 0.2) is 0 Å². The van der Waals surface area contributed by atoms with Crippen LogP contribution in [0.3, 0.4) is 0 Å². The molecule has 0 spiro atoms. The predicted molar refractivity (Wildman–Crippen MR) is 155 cm³/mol. The molecule has 6 rings (SSSR count). The Morgan fingerprint density at radius 2 is 1.93 bits per heavy atom. The first kappa shape index (κ1) is 28.4. The van der Waals surface area contributed by atoms with E-state index in [1.807, 2.05) is 0 Å². The summed E-state index contributed by atoms with van der Waals surface area (Å²) in [6.07, 6.45) is 11.9. The van der Waals surface area contributed by atoms with Crippen LogP contribution >= 0.6 is 0 Å². The van der Waals surface area contributed by atoms with Crippen LogP contribution in [0.1, 0.15) is 75.1 Å². The van der Waals surface area contributed by atoms with Gasteiger partial charge in [-0.1, -0.05) is 6.42 Å². The van der Waals surface area contributed by atoms with Crippen molar-refractivity contribution in [2.45, 2.75) is 76.8 Å². The number of hydrogen-bond donors (Lipinski definition) is 3. The van der Waals surface area contributed by atoms with Crippen LogP contribution in [0, 0.1) is 17.7 Å². The van der Waals surface area contributed by atoms with Gasteiger partial charge >= 0.3 is 6.09 Å². The summed E-state index contributed by atoms with van der Waals surface area (Å²) in [5, 5.41) is 5.29. The lowest BCUT2D eigenvalue weighted by molar-refractivity contribution is 0.0269. The van der Waals surface area contributed by atoms with Crippen LogP contribution < -0.4 is 15.5 Å². The number of carbonyl (C=O) groups excluding carboxylic acids is 2. The first-order valence-corrected chi connectivity index (χ1v) is 15.3. The zero-order chi connectivity index (χ0) is 29.1. The number of benzene rings is 1. The minimum atomic E-state index is -0.391. The molecular formula is C31H39FN6O4. The van der Waals surface area contributed by atoms with Gasteiger partial charge in [0.05, 0.1) is 24.3 Å². The minimum Gasteiger partial charge on any atom is -0.492 e. The lowest BCUT2D eigenvalue weighted by Crippen LogP contribution is -2.54. The summed E-state index contributed by atoms with van der Waals surface area (Å²) in [4.78, 5) is 37.5. The minimum absolute atomic E-state index is 0.0644. The highest BCUT2D eigenvalue weighted by Crippen LogP contribution is 2.37. The molecule has 3 heterocycles. The van der Waals surface area contributed by atoms with E-state index in [1.165, 1.54) is 18.5 Å². The van der Waals surface area contributed by atoms with E-state index in [4.69, 9.17) is 9.47 Å². The second-order valence-electron chi connectivity index (χ2n) is 11.7. The summed E-state index contributed by atoms with van der Waals surface area (Å²) in [5.74, 6) is 0.860. The van der Waals surface area contributed by atoms with Crippen LogP contribution in [0.4, 0.5) is 9.18 Å². The first-order chi connectivity index (χ1) is 20.5. The molecule has 1 unspecified atom stereocenters. The van der Waals surface area contributed by atoms with Gasteiger partial charge in [0.25, 0.3) is 5.91 Å². The van der Waals surface area contributed by atoms with E-state index in [0.29, 0.717) is 58.7 Å². The van der Waals surface area contributed by atoms with Crippen molar-refractivity contribution in [2.75, 3.05) is 19.8 Å². The number of ether oxygens (including phenoxy) is 2. The zero-order valence-corrected chi connectivity index (χ0v) is 24.0. The molecule has 224 valence electrons. The molecule has 2 saturated carbocycles. The van der Waals surface area contributed by atoms with Crippen molar-refractivity contribution in [2.24, 2.45) is 11.8 Å². The van der Waals surface area contributed by atoms with Gasteiger partial charge in [-0.05, 0) is 82.3 Å². The molecule has 2 aromatic heterocycles. The summed E-state index contributed by atoms with van der Waals surface area (Å²) < 4.78 is 25.1. The molecule has 1 saturated heterocycles. The van der Waals surface area contributed by atoms with Crippen molar-refractivity contribution in [1.82, 2.24) is 30.7 Å². The highest BCUT2D eigenvalue weighted by atomic mass is 19.1. The third-order valence-electron chi connectivity index (χ3n) is 8.79. The van der Waals surface area contributed by atoms with Crippen LogP contribution in [0.5, 0.6) is 5.75 Å². The molecule has 1 aliphatic heterocycles. The van der Waals surface area contributed by atoms with Gasteiger partial charge in [-0.2, -0.15) is 0 Å². The maximum absolute atomic E-state index is 14.1. The molecule has 1 atom stereocenters. The van der Waals surface area contributed by atoms with E-state index >= 15 is 0 Å². The number of nitrogens with one attached hydrogen (secondary N) is 3. The Bertz CT molecular complexity index is 1420. The highest BCUT2D eigenvalue weighted by molar-refractivity contribution is 6.07. The molecule has 3 N–H and O–H groups in total. The third-order valence-corrected chi connectivity index (χ3v) is 8.79. The molecule has 3 aliphatic rings. The number of aromatic amines is 1. The summed E-state index contributed by atoms with van der Waals surface area (Å²) in [6.45, 7) is 3.53. The number of carbonyl (C=O) groups is 2. The number of rotatable bonds is 9. The van der Waals surface area contributed by atoms with E-state index in [9.17, 15) is 14.0 Å². The van der Waals surface area contributed by atoms with Crippen LogP contribution in [0.15, 0.2) is 30.7 Å². The van der Waals surface area contributed by atoms with E-state index in [-0.39, 0.29) is 23.8 Å². The van der Waals surface area contributed by atoms with Gasteiger partial charge in [-0.25, -0.2) is 24.2 Å². The van der Waals surface area contributed by atoms with Crippen LogP contribution in [0.25, 0.3) is 22.3 Å². The Balaban J connectivity index is 1.11. The fraction of sp³-hybridized carbons (Fsp3) is 0.548. The summed E-state index contributed by atoms with van der Waals surface area (Å²) in [5.41, 5.74) is 5.76. The largest absolute Gasteiger partial charge is 0.492 e. The molecular weight excluding hydrogens is 539 g/mol. The van der Waals surface area contributed by atoms with Crippen LogP contribution in [-0.2, 0) is 4.74 Å². The fourth-order valence-electron chi connectivity index (χ4n) is 6.40. The fourth-order valence-corrected chi connectivity index (χ4v) is 6.40. The molecule has 3 aromatic rings. The van der Waals surface area contributed by atoms with Crippen molar-refractivity contribution in [3.05, 3.63) is 42.1 Å². The second kappa shape index (κ2) is 12.6. The number of fused-ring (bicyclic) bond motifs is 1. The maximum Gasteiger partial charge on any atom is 0.421 e. The average molecular weight is 579 g/mol. The monoisotopic (exact) mass is 578 g/mol. The number of amides is 2. The average Bonchev–Trinajstić information content (AvgIpc) is 3.72. The molecule has 2 aliphatic carbocycles. The molecule has 2 amide bonds. The normalized spacial score (nSPS) is 23.0. The number of piperidine rings is 1. The Kier molecular flexibility index (Phi) is 8.55. The summed E-state index contributed by atoms with van der Waals surface area (Å²) >= 11 is 0. The number of aromatic nitrogens is 3. The number of H-pyrrole nitrogens is 1. The second-order valence-corrected chi connectivity index (χ2v) is 11.7. The van der Waals surface area contributed by atoms with Gasteiger partial charge in [-0.3, -0.25) is 10.2 Å². The molecule has 11 heteroatoms. The van der Waals surface area contributed by atoms with Crippen molar-refractivity contribution >= 4 is 23.0 Å². The van der Waals surface area contributed by atoms with E-state index in [2.05, 4.69) is 30.7 Å². The van der Waals surface area contributed by atoms with Crippen molar-refractivity contribution < 1.29 is 23.5 Å². The standard InChI is InChI=1S/C31H39FN6O4/c1-2-41-31(40)37-38-14-4-3-5-25(38)20-8-11-22(12-9-20)36-30(39)24-16-33-29-27(34-18-35-28(24)29)23-13-10-21(32)15-26(23)42-17-19-6-7-19/h10,13,15-16,18-20,22,25,33H,2-9,11-12,14,17H2,1H3,(H,36,39)(H,37,40). The third kappa shape index (κ3) is 6.35. The number of hydrazine groups is 1. The Morgan fingerprint density at radius 3 is 2.71 bits per heavy atom. The Hall–Kier alpha value is -3.73. The number of nitrogens with zero attached hydrogens (tertiary/aromatic N) is 3. The van der Waals surface area contributed by atoms with Gasteiger partial charge in [0.2, 0.25) is 0 Å². The lowest BCUT2D eigenvalue weighted by atomic mass is 9.78. The highest BCUT2D eigenvalue weighted by Gasteiger charge is 2.34. The quantitative estimate of drug-likeness (QED) is 0.313. The van der Waals surface area contributed by atoms with Crippen molar-refractivity contribution in [1.29, 1.82) is 0 Å². The molecule has 0 bridgehead atoms. The summed E-state index contributed by atoms with van der Waals surface area (Å²) in [6, 6.07) is 4.79. The zero-order valence-electron chi connectivity index (χ0n) is 24.0. The maximum atomic E-state index is 14.1. The van der Waals surface area contributed by atoms with Gasteiger partial charge in [0, 0.05) is 36.5 Å². The Morgan fingerprint density at radius 1 is 1.10 bits per heavy atom. The molecule has 42 heavy (non-hydrogen) atoms. The van der Waals surface area contributed by atoms with E-state index in [1.54, 1.807) is 19.2 Å². The SMILES string of the molecule is CCOC(=O)NN1CCCCC1C1CCC(NC(=O)c2c[nH]c3c(-c4ccc(F)cc4OCC4CC4)ncnc23)CC1. The molecule has 3 fully saturated rings. The molecule has 0 radical (unpaired) electrons. The van der Waals surface area contributed by atoms with E-state index < -0.39 is 6.09 Å². The lowest BCUT2D eigenvalue weighted by Gasteiger charge is -2.42. The van der Waals surface area contributed by atoms with Gasteiger partial charge < -0.3 is 19.8 Å². The van der Waals surface area contributed by atoms with E-state index in [0.717, 1.165) is 64.3 Å². The van der Waals surface area contributed by atoms with Gasteiger partial charge in [-0.15, -0.1) is 0 Å². The van der Waals surface area contributed by atoms with Gasteiger partial charge in [0.1, 0.15) is 29.1 Å². The predicted octanol–water partition coefficient (Wildman–Crippen LogP) is 5.36. The number of halogens is 1. The van der Waals surface area contributed by atoms with Crippen molar-refractivity contribution in [3.63, 3.8) is 0 Å². The first-order valence-electron chi connectivity index (χ1n) is 15.3. The molecule has 10 nitrogen and oxygen atoms in total. The summed E-state index contributed by atoms with van der Waals surface area (Å²) in [7, 11) is 0. The Labute approximate surface area is 244 Å².